The van der Waals surface area contributed by atoms with Crippen molar-refractivity contribution in [2.45, 2.75) is 26.9 Å². The van der Waals surface area contributed by atoms with Crippen molar-refractivity contribution < 1.29 is 19.1 Å². The van der Waals surface area contributed by atoms with E-state index in [0.29, 0.717) is 7.35 Å². The molecule has 0 aromatic heterocycles. The van der Waals surface area contributed by atoms with Gasteiger partial charge in [-0.2, -0.15) is 0 Å². The second-order valence-corrected chi connectivity index (χ2v) is 44.4. The van der Waals surface area contributed by atoms with E-state index in [1.807, 2.05) is 3.33 Å². The fourth-order valence-corrected chi connectivity index (χ4v) is 53.8. The maximum atomic E-state index is 2.66. The molecule has 3 aliphatic rings. The molecule has 0 amide bonds. The van der Waals surface area contributed by atoms with E-state index in [4.69, 9.17) is 0 Å². The van der Waals surface area contributed by atoms with Gasteiger partial charge in [-0.15, -0.1) is 24.8 Å². The quantitative estimate of drug-likeness (QED) is 0.320. The van der Waals surface area contributed by atoms with E-state index in [2.05, 4.69) is 104 Å². The Labute approximate surface area is 192 Å². The summed E-state index contributed by atoms with van der Waals surface area (Å²) in [6.45, 7) is 5.31. The van der Waals surface area contributed by atoms with Gasteiger partial charge in [0.15, 0.2) is 0 Å². The summed E-state index contributed by atoms with van der Waals surface area (Å²) in [7, 11) is 0. The summed E-state index contributed by atoms with van der Waals surface area (Å²) < 4.78 is 3.24. The van der Waals surface area contributed by atoms with Crippen molar-refractivity contribution in [1.29, 1.82) is 0 Å². The van der Waals surface area contributed by atoms with E-state index in [1.54, 1.807) is 11.1 Å². The zero-order chi connectivity index (χ0) is 18.4. The Balaban J connectivity index is 0.00000120. The molecule has 3 aliphatic carbocycles. The third-order valence-electron chi connectivity index (χ3n) is 6.91. The molecule has 5 rings (SSSR count). The molecule has 4 heteroatoms. The predicted octanol–water partition coefficient (Wildman–Crippen LogP) is 7.35. The molecule has 0 nitrogen and oxygen atoms in total. The van der Waals surface area contributed by atoms with E-state index in [-0.39, 0.29) is 24.8 Å². The summed E-state index contributed by atoms with van der Waals surface area (Å²) in [5.74, 6) is -0.887. The third-order valence-corrected chi connectivity index (χ3v) is 54.7. The van der Waals surface area contributed by atoms with Crippen LogP contribution in [-0.2, 0) is 19.1 Å². The van der Waals surface area contributed by atoms with Crippen molar-refractivity contribution in [3.8, 4) is 0 Å². The summed E-state index contributed by atoms with van der Waals surface area (Å²) in [5.41, 5.74) is 6.16. The minimum absolute atomic E-state index is 0. The maximum absolute atomic E-state index is 3.01. The average molecular weight is 606 g/mol. The molecule has 0 aliphatic heterocycles. The number of benzene rings is 2. The van der Waals surface area contributed by atoms with Crippen LogP contribution in [-0.4, -0.2) is 5.98 Å². The van der Waals surface area contributed by atoms with Crippen LogP contribution in [0.4, 0.5) is 0 Å². The number of allylic oxidation sites excluding steroid dienone is 6. The first-order chi connectivity index (χ1) is 13.2. The van der Waals surface area contributed by atoms with Crippen molar-refractivity contribution >= 4 is 42.9 Å². The summed E-state index contributed by atoms with van der Waals surface area (Å²) >= 11 is -3.01. The molecular weight excluding hydrogens is 578 g/mol. The van der Waals surface area contributed by atoms with Gasteiger partial charge in [-0.3, -0.25) is 0 Å². The van der Waals surface area contributed by atoms with Crippen molar-refractivity contribution in [1.82, 2.24) is 0 Å². The molecule has 29 heavy (non-hydrogen) atoms. The average Bonchev–Trinajstić information content (AvgIpc) is 3.43. The van der Waals surface area contributed by atoms with Crippen molar-refractivity contribution in [3.63, 3.8) is 0 Å². The Hall–Kier alpha value is -0.933. The van der Waals surface area contributed by atoms with Crippen molar-refractivity contribution in [2.75, 3.05) is 0 Å². The molecule has 150 valence electrons. The molecule has 2 aromatic carbocycles. The zero-order valence-electron chi connectivity index (χ0n) is 16.9. The van der Waals surface area contributed by atoms with Crippen LogP contribution in [0.5, 0.6) is 0 Å². The molecule has 0 N–H and O–H groups in total. The Bertz CT molecular complexity index is 957. The number of halogens is 2. The van der Waals surface area contributed by atoms with Crippen LogP contribution >= 0.6 is 24.8 Å². The Morgan fingerprint density at radius 2 is 1.31 bits per heavy atom. The molecule has 0 heterocycles. The molecule has 2 aromatic rings. The van der Waals surface area contributed by atoms with E-state index in [1.165, 1.54) is 17.5 Å². The maximum Gasteiger partial charge on any atom is -0.147 e. The van der Waals surface area contributed by atoms with Gasteiger partial charge in [0.05, 0.1) is 0 Å². The smallest absolute Gasteiger partial charge is 0.147 e. The first-order valence-electron chi connectivity index (χ1n) is 10.1. The van der Waals surface area contributed by atoms with Gasteiger partial charge in [0.1, 0.15) is 0 Å². The fraction of sp³-hybridized carbons (Fsp3) is 0.200. The molecule has 0 saturated carbocycles. The third kappa shape index (κ3) is 3.46. The first-order valence-corrected chi connectivity index (χ1v) is 25.2. The van der Waals surface area contributed by atoms with Gasteiger partial charge in [-0.05, 0) is 0 Å². The van der Waals surface area contributed by atoms with Gasteiger partial charge in [0.2, 0.25) is 0 Å². The molecule has 0 bridgehead atoms. The molecule has 2 atom stereocenters. The van der Waals surface area contributed by atoms with Gasteiger partial charge >= 0.3 is 169 Å². The Morgan fingerprint density at radius 1 is 0.793 bits per heavy atom. The summed E-state index contributed by atoms with van der Waals surface area (Å²) in [6.07, 6.45) is 18.5. The first kappa shape index (κ1) is 22.7. The molecular formula is C25H28Cl2HfSi. The van der Waals surface area contributed by atoms with Gasteiger partial charge < -0.3 is 0 Å². The van der Waals surface area contributed by atoms with Crippen LogP contribution in [0.1, 0.15) is 36.0 Å². The van der Waals surface area contributed by atoms with Crippen LogP contribution < -0.4 is 0 Å². The number of fused-ring (bicyclic) bond motifs is 2. The Kier molecular flexibility index (Phi) is 7.10. The minimum Gasteiger partial charge on any atom is -0.147 e. The number of hydrogen-bond acceptors (Lipinski definition) is 0. The van der Waals surface area contributed by atoms with Gasteiger partial charge in [0.25, 0.3) is 0 Å². The van der Waals surface area contributed by atoms with E-state index >= 15 is 0 Å². The summed E-state index contributed by atoms with van der Waals surface area (Å²) in [5, 5.41) is 0. The molecule has 0 fully saturated rings. The van der Waals surface area contributed by atoms with Crippen LogP contribution in [0, 0.1) is 0 Å². The van der Waals surface area contributed by atoms with Crippen molar-refractivity contribution in [3.05, 3.63) is 104 Å². The second kappa shape index (κ2) is 9.06. The zero-order valence-corrected chi connectivity index (χ0v) is 23.3. The topological polar surface area (TPSA) is 0 Å². The normalized spacial score (nSPS) is 22.5. The Morgan fingerprint density at radius 3 is 1.76 bits per heavy atom. The van der Waals surface area contributed by atoms with Gasteiger partial charge in [0, 0.05) is 0 Å². The summed E-state index contributed by atoms with van der Waals surface area (Å²) in [4.78, 5) is 0. The fourth-order valence-electron chi connectivity index (χ4n) is 5.78. The van der Waals surface area contributed by atoms with Crippen molar-refractivity contribution in [2.24, 2.45) is 0 Å². The van der Waals surface area contributed by atoms with Crippen LogP contribution in [0.25, 0.3) is 12.2 Å². The predicted molar refractivity (Wildman–Crippen MR) is 132 cm³/mol. The van der Waals surface area contributed by atoms with E-state index in [9.17, 15) is 0 Å². The molecule has 2 unspecified atom stereocenters. The molecule has 0 radical (unpaired) electrons. The molecule has 0 saturated heterocycles. The SMILES string of the molecule is C[SiH](C)[Hf]([C]1=CC=CC1)([CH]1C=Cc2ccccc21)[CH]1C=Cc2ccccc21.Cl.Cl. The number of rotatable bonds is 4. The van der Waals surface area contributed by atoms with Gasteiger partial charge in [-0.25, -0.2) is 0 Å². The van der Waals surface area contributed by atoms with Crippen LogP contribution in [0.2, 0.25) is 13.1 Å². The largest absolute Gasteiger partial charge is 0.147 e. The summed E-state index contributed by atoms with van der Waals surface area (Å²) in [6, 6.07) is 18.3. The van der Waals surface area contributed by atoms with E-state index in [0.717, 1.165) is 0 Å². The standard InChI is InChI=1S/2C9H7.C5H5.C2H7Si.2ClH.Hf/c2*1-2-5-9-7-3-6-8(9)4-1;1-2-4-5-3-1;1-3-2;;;/h2*1-7H;1-3H,4H2;3H,1-2H3;2*1H;. The van der Waals surface area contributed by atoms with Gasteiger partial charge in [-0.1, -0.05) is 0 Å². The monoisotopic (exact) mass is 606 g/mol. The van der Waals surface area contributed by atoms with Crippen LogP contribution in [0.15, 0.2) is 82.2 Å². The second-order valence-electron chi connectivity index (χ2n) is 8.34. The minimum atomic E-state index is -3.01. The van der Waals surface area contributed by atoms with E-state index < -0.39 is 25.1 Å². The van der Waals surface area contributed by atoms with Crippen LogP contribution in [0.3, 0.4) is 0 Å². The molecule has 0 spiro atoms. The number of hydrogen-bond donors (Lipinski definition) is 0.